The summed E-state index contributed by atoms with van der Waals surface area (Å²) in [5.74, 6) is 4.48. The molecular weight excluding hydrogens is 951 g/mol. The molecule has 11 nitrogen and oxygen atoms in total. The van der Waals surface area contributed by atoms with Crippen molar-refractivity contribution in [2.45, 2.75) is 65.3 Å². The lowest BCUT2D eigenvalue weighted by Crippen LogP contribution is -2.16. The number of pyridine rings is 1. The summed E-state index contributed by atoms with van der Waals surface area (Å²) < 4.78 is 37.0. The van der Waals surface area contributed by atoms with E-state index in [4.69, 9.17) is 28.4 Å². The predicted molar refractivity (Wildman–Crippen MR) is 296 cm³/mol. The van der Waals surface area contributed by atoms with Crippen LogP contribution >= 0.6 is 0 Å². The third kappa shape index (κ3) is 16.9. The van der Waals surface area contributed by atoms with Crippen LogP contribution in [0.2, 0.25) is 0 Å². The number of aromatic nitrogens is 1. The average molecular weight is 1010 g/mol. The van der Waals surface area contributed by atoms with Crippen LogP contribution < -0.4 is 39.1 Å². The van der Waals surface area contributed by atoms with Crippen LogP contribution in [0.1, 0.15) is 57.3 Å². The third-order valence-corrected chi connectivity index (χ3v) is 12.1. The van der Waals surface area contributed by atoms with Gasteiger partial charge < -0.3 is 39.1 Å². The van der Waals surface area contributed by atoms with E-state index in [9.17, 15) is 9.59 Å². The Morgan fingerprint density at radius 3 is 0.895 bits per heavy atom. The molecule has 8 aromatic carbocycles. The number of carbonyl (C=O) groups excluding carboxylic acids is 2. The number of rotatable bonds is 26. The fourth-order valence-electron chi connectivity index (χ4n) is 8.06. The molecule has 9 rings (SSSR count). The zero-order valence-electron chi connectivity index (χ0n) is 42.1. The Morgan fingerprint density at radius 2 is 0.579 bits per heavy atom. The summed E-state index contributed by atoms with van der Waals surface area (Å²) in [5.41, 5.74) is 8.06. The zero-order chi connectivity index (χ0) is 52.0. The highest BCUT2D eigenvalue weighted by Crippen LogP contribution is 2.28. The van der Waals surface area contributed by atoms with E-state index in [2.05, 4.69) is 15.6 Å². The van der Waals surface area contributed by atoms with Crippen LogP contribution in [0.5, 0.6) is 34.5 Å². The molecule has 0 aliphatic carbocycles. The van der Waals surface area contributed by atoms with Crippen LogP contribution in [-0.4, -0.2) is 16.8 Å². The lowest BCUT2D eigenvalue weighted by Gasteiger charge is -2.14. The molecular formula is C65H59N3O8. The van der Waals surface area contributed by atoms with Crippen LogP contribution in [0.25, 0.3) is 0 Å². The summed E-state index contributed by atoms with van der Waals surface area (Å²) in [4.78, 5) is 30.5. The van der Waals surface area contributed by atoms with Gasteiger partial charge >= 0.3 is 0 Å². The lowest BCUT2D eigenvalue weighted by molar-refractivity contribution is -0.116. The van der Waals surface area contributed by atoms with Crippen molar-refractivity contribution in [1.29, 1.82) is 0 Å². The average Bonchev–Trinajstić information content (AvgIpc) is 3.46. The monoisotopic (exact) mass is 1010 g/mol. The number of carbonyl (C=O) groups is 2. The molecule has 0 aliphatic rings. The minimum absolute atomic E-state index is 0.192. The molecule has 382 valence electrons. The molecule has 11 heteroatoms. The van der Waals surface area contributed by atoms with Crippen LogP contribution in [0.4, 0.5) is 11.6 Å². The van der Waals surface area contributed by atoms with E-state index in [0.29, 0.717) is 98.6 Å². The Morgan fingerprint density at radius 1 is 0.289 bits per heavy atom. The first-order valence-corrected chi connectivity index (χ1v) is 25.3. The Kier molecular flexibility index (Phi) is 18.4. The molecule has 0 unspecified atom stereocenters. The first-order valence-electron chi connectivity index (χ1n) is 25.3. The normalized spacial score (nSPS) is 10.7. The van der Waals surface area contributed by atoms with Gasteiger partial charge in [0, 0.05) is 25.0 Å². The van der Waals surface area contributed by atoms with Crippen molar-refractivity contribution in [2.24, 2.45) is 0 Å². The second-order valence-electron chi connectivity index (χ2n) is 18.1. The molecule has 0 radical (unpaired) electrons. The van der Waals surface area contributed by atoms with Gasteiger partial charge in [0.1, 0.15) is 85.8 Å². The van der Waals surface area contributed by atoms with Crippen molar-refractivity contribution in [2.75, 3.05) is 10.6 Å². The first kappa shape index (κ1) is 51.5. The van der Waals surface area contributed by atoms with Crippen LogP contribution in [0.15, 0.2) is 224 Å². The zero-order valence-corrected chi connectivity index (χ0v) is 42.1. The minimum Gasteiger partial charge on any atom is -0.489 e. The third-order valence-electron chi connectivity index (χ3n) is 12.1. The second kappa shape index (κ2) is 27.1. The highest BCUT2D eigenvalue weighted by Gasteiger charge is 2.12. The van der Waals surface area contributed by atoms with Gasteiger partial charge in [0.25, 0.3) is 0 Å². The molecule has 0 saturated carbocycles. The predicted octanol–water partition coefficient (Wildman–Crippen LogP) is 13.7. The first-order chi connectivity index (χ1) is 37.4. The molecule has 2 N–H and O–H groups in total. The lowest BCUT2D eigenvalue weighted by atomic mass is 10.1. The molecule has 1 aromatic heterocycles. The number of nitrogens with zero attached hydrogens (tertiary/aromatic N) is 1. The molecule has 0 saturated heterocycles. The van der Waals surface area contributed by atoms with E-state index < -0.39 is 0 Å². The van der Waals surface area contributed by atoms with Crippen LogP contribution in [0.3, 0.4) is 0 Å². The van der Waals surface area contributed by atoms with Gasteiger partial charge in [-0.05, 0) is 118 Å². The number of benzene rings is 8. The fourth-order valence-corrected chi connectivity index (χ4v) is 8.06. The van der Waals surface area contributed by atoms with E-state index in [1.165, 1.54) is 0 Å². The minimum atomic E-state index is -0.192. The van der Waals surface area contributed by atoms with Crippen LogP contribution in [0, 0.1) is 0 Å². The smallest absolute Gasteiger partial charge is 0.225 e. The van der Waals surface area contributed by atoms with Crippen molar-refractivity contribution in [3.05, 3.63) is 269 Å². The highest BCUT2D eigenvalue weighted by molar-refractivity contribution is 5.92. The molecule has 1 heterocycles. The maximum absolute atomic E-state index is 13.0. The maximum atomic E-state index is 13.0. The summed E-state index contributed by atoms with van der Waals surface area (Å²) >= 11 is 0. The van der Waals surface area contributed by atoms with E-state index in [-0.39, 0.29) is 24.7 Å². The van der Waals surface area contributed by atoms with Gasteiger partial charge in [-0.25, -0.2) is 4.98 Å². The van der Waals surface area contributed by atoms with Gasteiger partial charge in [-0.15, -0.1) is 0 Å². The Hall–Kier alpha value is -9.35. The van der Waals surface area contributed by atoms with E-state index in [0.717, 1.165) is 44.5 Å². The Labute approximate surface area is 444 Å². The maximum Gasteiger partial charge on any atom is 0.225 e. The Balaban J connectivity index is 0.701. The van der Waals surface area contributed by atoms with E-state index in [1.54, 1.807) is 18.2 Å². The van der Waals surface area contributed by atoms with Crippen LogP contribution in [-0.2, 0) is 62.1 Å². The van der Waals surface area contributed by atoms with Crippen molar-refractivity contribution >= 4 is 23.5 Å². The quantitative estimate of drug-likeness (QED) is 0.0545. The Bertz CT molecular complexity index is 2890. The van der Waals surface area contributed by atoms with Gasteiger partial charge in [0.15, 0.2) is 0 Å². The summed E-state index contributed by atoms with van der Waals surface area (Å²) in [6.45, 7) is 2.34. The number of hydrogen-bond donors (Lipinski definition) is 2. The summed E-state index contributed by atoms with van der Waals surface area (Å²) in [6.07, 6.45) is 1.52. The van der Waals surface area contributed by atoms with Gasteiger partial charge in [-0.2, -0.15) is 0 Å². The largest absolute Gasteiger partial charge is 0.489 e. The molecule has 9 aromatic rings. The summed E-state index contributed by atoms with van der Waals surface area (Å²) in [7, 11) is 0. The number of hydrogen-bond acceptors (Lipinski definition) is 9. The molecule has 0 bridgehead atoms. The number of ether oxygens (including phenoxy) is 6. The summed E-state index contributed by atoms with van der Waals surface area (Å²) in [5, 5.41) is 5.73. The number of nitrogens with one attached hydrogen (secondary N) is 2. The standard InChI is InChI=1S/C65H59N3O8/c69-64(34-28-48-24-30-56(31-25-48)71-46-54-36-58(73-42-50-14-5-1-6-15-50)40-59(37-54)74-43-51-16-7-2-8-17-51)67-62-22-13-23-63(66-62)68-65(70)35-29-49-26-32-57(33-27-49)72-47-55-38-60(75-44-52-18-9-3-10-19-52)41-61(39-55)76-45-53-20-11-4-12-21-53/h1-27,30-33,36-41H,28-29,34-35,42-47H2,(H2,66,67,68,69,70). The van der Waals surface area contributed by atoms with Gasteiger partial charge in [0.05, 0.1) is 0 Å². The molecule has 2 amide bonds. The van der Waals surface area contributed by atoms with Crippen molar-refractivity contribution in [3.8, 4) is 34.5 Å². The van der Waals surface area contributed by atoms with Gasteiger partial charge in [-0.1, -0.05) is 152 Å². The highest BCUT2D eigenvalue weighted by atomic mass is 16.5. The summed E-state index contributed by atoms with van der Waals surface area (Å²) in [6, 6.07) is 72.3. The van der Waals surface area contributed by atoms with Gasteiger partial charge in [0.2, 0.25) is 11.8 Å². The second-order valence-corrected chi connectivity index (χ2v) is 18.1. The molecule has 76 heavy (non-hydrogen) atoms. The molecule has 0 spiro atoms. The van der Waals surface area contributed by atoms with E-state index in [1.807, 2.05) is 206 Å². The molecule has 0 aliphatic heterocycles. The SMILES string of the molecule is O=C(CCc1ccc(OCc2cc(OCc3ccccc3)cc(OCc3ccccc3)c2)cc1)Nc1cccc(NC(=O)CCc2ccc(OCc3cc(OCc4ccccc4)cc(OCc4ccccc4)c3)cc2)n1. The number of aryl methyl sites for hydroxylation is 2. The number of amides is 2. The molecule has 0 atom stereocenters. The van der Waals surface area contributed by atoms with Crippen molar-refractivity contribution in [3.63, 3.8) is 0 Å². The topological polar surface area (TPSA) is 126 Å². The number of anilines is 2. The molecule has 0 fully saturated rings. The van der Waals surface area contributed by atoms with E-state index >= 15 is 0 Å². The van der Waals surface area contributed by atoms with Crippen molar-refractivity contribution in [1.82, 2.24) is 4.98 Å². The van der Waals surface area contributed by atoms with Gasteiger partial charge in [-0.3, -0.25) is 9.59 Å². The van der Waals surface area contributed by atoms with Crippen molar-refractivity contribution < 1.29 is 38.0 Å². The fraction of sp³-hybridized carbons (Fsp3) is 0.154.